The Hall–Kier alpha value is -2.17. The van der Waals surface area contributed by atoms with Gasteiger partial charge in [0.1, 0.15) is 0 Å². The van der Waals surface area contributed by atoms with Crippen LogP contribution in [0.5, 0.6) is 0 Å². The molecule has 0 unspecified atom stereocenters. The van der Waals surface area contributed by atoms with Crippen LogP contribution in [-0.4, -0.2) is 25.6 Å². The zero-order chi connectivity index (χ0) is 10.7. The summed E-state index contributed by atoms with van der Waals surface area (Å²) in [6.45, 7) is 0.468. The van der Waals surface area contributed by atoms with Crippen LogP contribution >= 0.6 is 0 Å². The molecule has 0 aromatic carbocycles. The lowest BCUT2D eigenvalue weighted by Gasteiger charge is -2.03. The Labute approximate surface area is 86.0 Å². The number of hydrogen-bond acceptors (Lipinski definition) is 3. The van der Waals surface area contributed by atoms with Crippen LogP contribution in [0.1, 0.15) is 16.2 Å². The summed E-state index contributed by atoms with van der Waals surface area (Å²) in [4.78, 5) is 18.5. The van der Waals surface area contributed by atoms with E-state index in [2.05, 4.69) is 9.97 Å². The van der Waals surface area contributed by atoms with E-state index in [1.807, 2.05) is 12.1 Å². The van der Waals surface area contributed by atoms with Gasteiger partial charge in [-0.1, -0.05) is 6.07 Å². The van der Waals surface area contributed by atoms with Crippen LogP contribution < -0.4 is 0 Å². The van der Waals surface area contributed by atoms with E-state index in [0.29, 0.717) is 6.54 Å². The lowest BCUT2D eigenvalue weighted by molar-refractivity contribution is 0.0679. The maximum Gasteiger partial charge on any atom is 0.372 e. The van der Waals surface area contributed by atoms with E-state index in [0.717, 1.165) is 5.56 Å². The number of rotatable bonds is 3. The van der Waals surface area contributed by atoms with Crippen molar-refractivity contribution in [3.8, 4) is 0 Å². The second-order valence-electron chi connectivity index (χ2n) is 3.05. The maximum absolute atomic E-state index is 10.8. The molecule has 15 heavy (non-hydrogen) atoms. The molecule has 0 aliphatic heterocycles. The fourth-order valence-electron chi connectivity index (χ4n) is 1.32. The number of carbonyl (C=O) groups is 1. The number of aromatic carboxylic acids is 1. The highest BCUT2D eigenvalue weighted by atomic mass is 16.4. The first-order chi connectivity index (χ1) is 7.27. The molecule has 2 aromatic heterocycles. The molecule has 0 bridgehead atoms. The van der Waals surface area contributed by atoms with Gasteiger partial charge in [-0.3, -0.25) is 4.98 Å². The summed E-state index contributed by atoms with van der Waals surface area (Å²) in [6.07, 6.45) is 6.48. The van der Waals surface area contributed by atoms with Gasteiger partial charge in [0.05, 0.1) is 6.54 Å². The first-order valence-corrected chi connectivity index (χ1v) is 4.40. The van der Waals surface area contributed by atoms with E-state index in [4.69, 9.17) is 5.11 Å². The maximum atomic E-state index is 10.8. The van der Waals surface area contributed by atoms with E-state index in [1.54, 1.807) is 23.2 Å². The largest absolute Gasteiger partial charge is 0.475 e. The molecule has 0 fully saturated rings. The van der Waals surface area contributed by atoms with Crippen molar-refractivity contribution in [1.82, 2.24) is 14.5 Å². The normalized spacial score (nSPS) is 10.1. The molecule has 2 aromatic rings. The summed E-state index contributed by atoms with van der Waals surface area (Å²) in [6, 6.07) is 3.70. The summed E-state index contributed by atoms with van der Waals surface area (Å²) in [7, 11) is 0. The summed E-state index contributed by atoms with van der Waals surface area (Å²) >= 11 is 0. The molecule has 5 heteroatoms. The molecule has 2 rings (SSSR count). The molecule has 0 aliphatic rings. The zero-order valence-corrected chi connectivity index (χ0v) is 7.87. The predicted molar refractivity (Wildman–Crippen MR) is 52.5 cm³/mol. The minimum Gasteiger partial charge on any atom is -0.475 e. The van der Waals surface area contributed by atoms with Crippen molar-refractivity contribution < 1.29 is 9.90 Å². The molecule has 0 saturated heterocycles. The summed E-state index contributed by atoms with van der Waals surface area (Å²) in [5.74, 6) is -0.984. The van der Waals surface area contributed by atoms with Crippen LogP contribution in [0.25, 0.3) is 0 Å². The number of hydrogen-bond donors (Lipinski definition) is 1. The first kappa shape index (κ1) is 9.39. The Morgan fingerprint density at radius 3 is 3.00 bits per heavy atom. The Morgan fingerprint density at radius 2 is 2.33 bits per heavy atom. The molecule has 0 radical (unpaired) electrons. The topological polar surface area (TPSA) is 68.0 Å². The van der Waals surface area contributed by atoms with Gasteiger partial charge in [-0.25, -0.2) is 9.78 Å². The minimum atomic E-state index is -1.02. The van der Waals surface area contributed by atoms with E-state index < -0.39 is 5.97 Å². The van der Waals surface area contributed by atoms with E-state index in [-0.39, 0.29) is 5.82 Å². The second-order valence-corrected chi connectivity index (χ2v) is 3.05. The lowest BCUT2D eigenvalue weighted by Crippen LogP contribution is -2.10. The quantitative estimate of drug-likeness (QED) is 0.808. The fraction of sp³-hybridized carbons (Fsp3) is 0.100. The molecule has 0 saturated carbocycles. The molecule has 1 N–H and O–H groups in total. The van der Waals surface area contributed by atoms with Gasteiger partial charge in [0.2, 0.25) is 5.82 Å². The van der Waals surface area contributed by atoms with Crippen LogP contribution in [0.2, 0.25) is 0 Å². The summed E-state index contributed by atoms with van der Waals surface area (Å²) in [5.41, 5.74) is 0.943. The Kier molecular flexibility index (Phi) is 2.45. The Bertz CT molecular complexity index is 465. The smallest absolute Gasteiger partial charge is 0.372 e. The van der Waals surface area contributed by atoms with Gasteiger partial charge < -0.3 is 9.67 Å². The van der Waals surface area contributed by atoms with Gasteiger partial charge in [0, 0.05) is 24.8 Å². The van der Waals surface area contributed by atoms with Crippen molar-refractivity contribution >= 4 is 5.97 Å². The van der Waals surface area contributed by atoms with Gasteiger partial charge >= 0.3 is 5.97 Å². The van der Waals surface area contributed by atoms with Crippen molar-refractivity contribution in [1.29, 1.82) is 0 Å². The number of carboxylic acids is 1. The monoisotopic (exact) mass is 203 g/mol. The highest BCUT2D eigenvalue weighted by Crippen LogP contribution is 2.03. The minimum absolute atomic E-state index is 0.0406. The lowest BCUT2D eigenvalue weighted by atomic mass is 10.3. The van der Waals surface area contributed by atoms with E-state index in [1.165, 1.54) is 6.20 Å². The molecular weight excluding hydrogens is 194 g/mol. The SMILES string of the molecule is O=C(O)c1nccn1Cc1cccnc1. The highest BCUT2D eigenvalue weighted by molar-refractivity contribution is 5.83. The second kappa shape index (κ2) is 3.91. The number of pyridine rings is 1. The summed E-state index contributed by atoms with van der Waals surface area (Å²) < 4.78 is 1.57. The predicted octanol–water partition coefficient (Wildman–Crippen LogP) is 1.02. The first-order valence-electron chi connectivity index (χ1n) is 4.40. The highest BCUT2D eigenvalue weighted by Gasteiger charge is 2.10. The number of nitrogens with zero attached hydrogens (tertiary/aromatic N) is 3. The number of imidazole rings is 1. The Balaban J connectivity index is 2.25. The van der Waals surface area contributed by atoms with Gasteiger partial charge in [-0.15, -0.1) is 0 Å². The Morgan fingerprint density at radius 1 is 1.47 bits per heavy atom. The molecule has 0 aliphatic carbocycles. The third kappa shape index (κ3) is 2.01. The molecule has 0 amide bonds. The van der Waals surface area contributed by atoms with Crippen LogP contribution in [-0.2, 0) is 6.54 Å². The summed E-state index contributed by atoms with van der Waals surface area (Å²) in [5, 5.41) is 8.83. The van der Waals surface area contributed by atoms with Crippen LogP contribution in [0.3, 0.4) is 0 Å². The number of carboxylic acid groups (broad SMARTS) is 1. The molecular formula is C10H9N3O2. The van der Waals surface area contributed by atoms with Crippen LogP contribution in [0.4, 0.5) is 0 Å². The van der Waals surface area contributed by atoms with Crippen molar-refractivity contribution in [2.45, 2.75) is 6.54 Å². The van der Waals surface area contributed by atoms with E-state index >= 15 is 0 Å². The average Bonchev–Trinajstić information content (AvgIpc) is 2.67. The standard InChI is InChI=1S/C10H9N3O2/c14-10(15)9-12-4-5-13(9)7-8-2-1-3-11-6-8/h1-6H,7H2,(H,14,15). The molecule has 5 nitrogen and oxygen atoms in total. The third-order valence-corrected chi connectivity index (χ3v) is 1.98. The van der Waals surface area contributed by atoms with Crippen molar-refractivity contribution in [3.05, 3.63) is 48.3 Å². The average molecular weight is 203 g/mol. The van der Waals surface area contributed by atoms with Gasteiger partial charge in [-0.2, -0.15) is 0 Å². The molecule has 0 spiro atoms. The molecule has 76 valence electrons. The van der Waals surface area contributed by atoms with Crippen LogP contribution in [0.15, 0.2) is 36.9 Å². The fourth-order valence-corrected chi connectivity index (χ4v) is 1.32. The van der Waals surface area contributed by atoms with Crippen molar-refractivity contribution in [2.24, 2.45) is 0 Å². The van der Waals surface area contributed by atoms with E-state index in [9.17, 15) is 4.79 Å². The van der Waals surface area contributed by atoms with Crippen molar-refractivity contribution in [2.75, 3.05) is 0 Å². The molecule has 0 atom stereocenters. The third-order valence-electron chi connectivity index (χ3n) is 1.98. The van der Waals surface area contributed by atoms with Gasteiger partial charge in [-0.05, 0) is 11.6 Å². The van der Waals surface area contributed by atoms with Gasteiger partial charge in [0.15, 0.2) is 0 Å². The zero-order valence-electron chi connectivity index (χ0n) is 7.87. The molecule has 2 heterocycles. The van der Waals surface area contributed by atoms with Crippen LogP contribution in [0, 0.1) is 0 Å². The number of aromatic nitrogens is 3. The van der Waals surface area contributed by atoms with Crippen molar-refractivity contribution in [3.63, 3.8) is 0 Å². The van der Waals surface area contributed by atoms with Gasteiger partial charge in [0.25, 0.3) is 0 Å².